The van der Waals surface area contributed by atoms with Crippen LogP contribution in [0.5, 0.6) is 0 Å². The third-order valence-corrected chi connectivity index (χ3v) is 2.02. The van der Waals surface area contributed by atoms with Crippen molar-refractivity contribution in [2.24, 2.45) is 0 Å². The minimum Gasteiger partial charge on any atom is -0.324 e. The molecule has 0 saturated carbocycles. The number of amides is 1. The first kappa shape index (κ1) is 11.1. The molecule has 1 amide bonds. The van der Waals surface area contributed by atoms with Crippen molar-refractivity contribution in [3.63, 3.8) is 0 Å². The fraction of sp³-hybridized carbons (Fsp3) is 0.333. The number of carbonyl (C=O) groups is 1. The highest BCUT2D eigenvalue weighted by atomic mass is 79.9. The van der Waals surface area contributed by atoms with Crippen LogP contribution in [0.2, 0.25) is 0 Å². The van der Waals surface area contributed by atoms with Gasteiger partial charge in [0.1, 0.15) is 4.60 Å². The molecule has 0 aliphatic heterocycles. The molecule has 0 radical (unpaired) electrons. The van der Waals surface area contributed by atoms with E-state index in [1.54, 1.807) is 18.3 Å². The molecule has 1 aromatic rings. The molecule has 0 bridgehead atoms. The first-order chi connectivity index (χ1) is 6.72. The normalized spacial score (nSPS) is 9.86. The Labute approximate surface area is 91.2 Å². The summed E-state index contributed by atoms with van der Waals surface area (Å²) >= 11 is 3.22. The molecule has 5 heteroatoms. The predicted molar refractivity (Wildman–Crippen MR) is 59.1 cm³/mol. The van der Waals surface area contributed by atoms with E-state index < -0.39 is 0 Å². The zero-order chi connectivity index (χ0) is 10.4. The van der Waals surface area contributed by atoms with Crippen LogP contribution in [-0.2, 0) is 4.79 Å². The van der Waals surface area contributed by atoms with Crippen LogP contribution < -0.4 is 10.6 Å². The average Bonchev–Trinajstić information content (AvgIpc) is 2.18. The van der Waals surface area contributed by atoms with E-state index in [2.05, 4.69) is 31.5 Å². The van der Waals surface area contributed by atoms with Crippen molar-refractivity contribution >= 4 is 27.5 Å². The third kappa shape index (κ3) is 3.85. The van der Waals surface area contributed by atoms with Crippen molar-refractivity contribution in [3.8, 4) is 0 Å². The van der Waals surface area contributed by atoms with Gasteiger partial charge in [-0.15, -0.1) is 0 Å². The molecule has 14 heavy (non-hydrogen) atoms. The number of nitrogens with one attached hydrogen (secondary N) is 2. The summed E-state index contributed by atoms with van der Waals surface area (Å²) in [6.45, 7) is 3.06. The van der Waals surface area contributed by atoms with Gasteiger partial charge in [-0.1, -0.05) is 6.92 Å². The Balaban J connectivity index is 2.44. The number of nitrogens with zero attached hydrogens (tertiary/aromatic N) is 1. The quantitative estimate of drug-likeness (QED) is 0.802. The summed E-state index contributed by atoms with van der Waals surface area (Å²) in [7, 11) is 0. The molecule has 0 aromatic carbocycles. The smallest absolute Gasteiger partial charge is 0.238 e. The van der Waals surface area contributed by atoms with E-state index in [9.17, 15) is 4.79 Å². The van der Waals surface area contributed by atoms with Gasteiger partial charge in [-0.25, -0.2) is 4.98 Å². The Bertz CT molecular complexity index is 299. The molecule has 0 fully saturated rings. The Morgan fingerprint density at radius 1 is 1.57 bits per heavy atom. The van der Waals surface area contributed by atoms with Crippen LogP contribution in [0.15, 0.2) is 22.9 Å². The summed E-state index contributed by atoms with van der Waals surface area (Å²) in [6, 6.07) is 3.57. The highest BCUT2D eigenvalue weighted by Crippen LogP contribution is 2.09. The lowest BCUT2D eigenvalue weighted by Gasteiger charge is -2.04. The molecule has 1 rings (SSSR count). The number of likely N-dealkylation sites (N-methyl/N-ethyl adjacent to an activating group) is 1. The fourth-order valence-electron chi connectivity index (χ4n) is 0.893. The number of hydrogen-bond donors (Lipinski definition) is 2. The Hall–Kier alpha value is -0.940. The van der Waals surface area contributed by atoms with Crippen LogP contribution in [0.25, 0.3) is 0 Å². The van der Waals surface area contributed by atoms with Gasteiger partial charge in [0.25, 0.3) is 0 Å². The summed E-state index contributed by atoms with van der Waals surface area (Å²) in [6.07, 6.45) is 1.61. The Morgan fingerprint density at radius 2 is 2.36 bits per heavy atom. The lowest BCUT2D eigenvalue weighted by atomic mass is 10.4. The van der Waals surface area contributed by atoms with E-state index in [1.807, 2.05) is 6.92 Å². The number of pyridine rings is 1. The van der Waals surface area contributed by atoms with Gasteiger partial charge in [-0.2, -0.15) is 0 Å². The molecule has 2 N–H and O–H groups in total. The van der Waals surface area contributed by atoms with Gasteiger partial charge >= 0.3 is 0 Å². The molecule has 1 heterocycles. The van der Waals surface area contributed by atoms with E-state index >= 15 is 0 Å². The summed E-state index contributed by atoms with van der Waals surface area (Å²) in [4.78, 5) is 15.2. The van der Waals surface area contributed by atoms with E-state index in [0.717, 1.165) is 11.1 Å². The maximum Gasteiger partial charge on any atom is 0.238 e. The van der Waals surface area contributed by atoms with Gasteiger partial charge < -0.3 is 10.6 Å². The molecule has 0 unspecified atom stereocenters. The summed E-state index contributed by atoms with van der Waals surface area (Å²) in [5.74, 6) is -0.0593. The zero-order valence-electron chi connectivity index (χ0n) is 7.88. The Kier molecular flexibility index (Phi) is 4.55. The summed E-state index contributed by atoms with van der Waals surface area (Å²) in [5, 5.41) is 5.66. The van der Waals surface area contributed by atoms with Gasteiger partial charge in [-0.05, 0) is 34.6 Å². The van der Waals surface area contributed by atoms with Crippen LogP contribution in [0.3, 0.4) is 0 Å². The molecule has 0 aliphatic rings. The molecule has 76 valence electrons. The molecule has 0 saturated heterocycles. The average molecular weight is 258 g/mol. The molecular weight excluding hydrogens is 246 g/mol. The van der Waals surface area contributed by atoms with Crippen molar-refractivity contribution in [3.05, 3.63) is 22.9 Å². The van der Waals surface area contributed by atoms with Crippen molar-refractivity contribution in [2.45, 2.75) is 6.92 Å². The van der Waals surface area contributed by atoms with Gasteiger partial charge in [0, 0.05) is 0 Å². The number of carbonyl (C=O) groups excluding carboxylic acids is 1. The van der Waals surface area contributed by atoms with Crippen molar-refractivity contribution in [1.82, 2.24) is 10.3 Å². The number of aromatic nitrogens is 1. The number of anilines is 1. The molecule has 0 atom stereocenters. The first-order valence-electron chi connectivity index (χ1n) is 4.34. The second-order valence-corrected chi connectivity index (χ2v) is 3.51. The van der Waals surface area contributed by atoms with Crippen molar-refractivity contribution < 1.29 is 4.79 Å². The summed E-state index contributed by atoms with van der Waals surface area (Å²) in [5.41, 5.74) is 0.705. The predicted octanol–water partition coefficient (Wildman–Crippen LogP) is 1.39. The largest absolute Gasteiger partial charge is 0.324 e. The monoisotopic (exact) mass is 257 g/mol. The number of hydrogen-bond acceptors (Lipinski definition) is 3. The van der Waals surface area contributed by atoms with Crippen molar-refractivity contribution in [1.29, 1.82) is 0 Å². The SMILES string of the molecule is CCNCC(=O)Nc1ccc(Br)nc1. The second-order valence-electron chi connectivity index (χ2n) is 2.70. The van der Waals surface area contributed by atoms with Crippen LogP contribution in [0.1, 0.15) is 6.92 Å². The second kappa shape index (κ2) is 5.72. The Morgan fingerprint density at radius 3 is 2.93 bits per heavy atom. The third-order valence-electron chi connectivity index (χ3n) is 1.55. The molecule has 4 nitrogen and oxygen atoms in total. The number of rotatable bonds is 4. The van der Waals surface area contributed by atoms with Crippen molar-refractivity contribution in [2.75, 3.05) is 18.4 Å². The molecule has 0 spiro atoms. The lowest BCUT2D eigenvalue weighted by Crippen LogP contribution is -2.27. The molecule has 1 aromatic heterocycles. The highest BCUT2D eigenvalue weighted by Gasteiger charge is 2.00. The van der Waals surface area contributed by atoms with Gasteiger partial charge in [-0.3, -0.25) is 4.79 Å². The van der Waals surface area contributed by atoms with E-state index in [4.69, 9.17) is 0 Å². The van der Waals surface area contributed by atoms with E-state index in [1.165, 1.54) is 0 Å². The van der Waals surface area contributed by atoms with Crippen LogP contribution in [0.4, 0.5) is 5.69 Å². The van der Waals surface area contributed by atoms with E-state index in [0.29, 0.717) is 12.2 Å². The fourth-order valence-corrected chi connectivity index (χ4v) is 1.13. The lowest BCUT2D eigenvalue weighted by molar-refractivity contribution is -0.115. The van der Waals surface area contributed by atoms with Crippen LogP contribution in [-0.4, -0.2) is 24.0 Å². The first-order valence-corrected chi connectivity index (χ1v) is 5.14. The highest BCUT2D eigenvalue weighted by molar-refractivity contribution is 9.10. The van der Waals surface area contributed by atoms with Crippen LogP contribution >= 0.6 is 15.9 Å². The van der Waals surface area contributed by atoms with Gasteiger partial charge in [0.05, 0.1) is 18.4 Å². The molecular formula is C9H12BrN3O. The molecule has 0 aliphatic carbocycles. The van der Waals surface area contributed by atoms with Gasteiger partial charge in [0.15, 0.2) is 0 Å². The zero-order valence-corrected chi connectivity index (χ0v) is 9.47. The maximum atomic E-state index is 11.2. The summed E-state index contributed by atoms with van der Waals surface area (Å²) < 4.78 is 0.752. The standard InChI is InChI=1S/C9H12BrN3O/c1-2-11-6-9(14)13-7-3-4-8(10)12-5-7/h3-5,11H,2,6H2,1H3,(H,13,14). The van der Waals surface area contributed by atoms with E-state index in [-0.39, 0.29) is 5.91 Å². The minimum atomic E-state index is -0.0593. The minimum absolute atomic E-state index is 0.0593. The maximum absolute atomic E-state index is 11.2. The van der Waals surface area contributed by atoms with Gasteiger partial charge in [0.2, 0.25) is 5.91 Å². The number of halogens is 1. The topological polar surface area (TPSA) is 54.0 Å². The van der Waals surface area contributed by atoms with Crippen LogP contribution in [0, 0.1) is 0 Å².